The molecule has 9 nitrogen and oxygen atoms in total. The lowest BCUT2D eigenvalue weighted by Crippen LogP contribution is -2.52. The summed E-state index contributed by atoms with van der Waals surface area (Å²) in [5.41, 5.74) is 8.51. The molecule has 1 amide bonds. The molecule has 0 radical (unpaired) electrons. The van der Waals surface area contributed by atoms with E-state index in [4.69, 9.17) is 19.9 Å². The summed E-state index contributed by atoms with van der Waals surface area (Å²) in [5, 5.41) is 3.71. The molecule has 2 aliphatic heterocycles. The molecular weight excluding hydrogens is 530 g/mol. The van der Waals surface area contributed by atoms with Gasteiger partial charge in [0.05, 0.1) is 42.4 Å². The van der Waals surface area contributed by atoms with Gasteiger partial charge in [-0.1, -0.05) is 12.1 Å². The molecule has 2 aromatic carbocycles. The van der Waals surface area contributed by atoms with Crippen LogP contribution in [0.2, 0.25) is 0 Å². The van der Waals surface area contributed by atoms with E-state index in [1.807, 2.05) is 70.2 Å². The van der Waals surface area contributed by atoms with Gasteiger partial charge in [-0.05, 0) is 82.0 Å². The third-order valence-corrected chi connectivity index (χ3v) is 7.47. The van der Waals surface area contributed by atoms with Crippen molar-refractivity contribution in [1.82, 2.24) is 15.2 Å². The highest BCUT2D eigenvalue weighted by Crippen LogP contribution is 2.34. The number of benzene rings is 2. The van der Waals surface area contributed by atoms with Crippen LogP contribution in [0.5, 0.6) is 17.2 Å². The van der Waals surface area contributed by atoms with Gasteiger partial charge in [0.25, 0.3) is 0 Å². The monoisotopic (exact) mass is 571 g/mol. The number of aryl methyl sites for hydroxylation is 1. The van der Waals surface area contributed by atoms with Crippen LogP contribution >= 0.6 is 0 Å². The maximum Gasteiger partial charge on any atom is 0.228 e. The normalized spacial score (nSPS) is 17.4. The average Bonchev–Trinajstić information content (AvgIpc) is 2.92. The third kappa shape index (κ3) is 7.66. The standard InChI is InChI=1S/C33H41N5O4/c1-22-15-23(16-32(39)37-24(18-34)19-36-33(2,3)4)5-8-30(22)42-31-9-12-35-29-7-6-27(17-28(29)31)41-26-10-13-38(14-11-26)25-20-40-21-25/h5-9,12,15,17-19,25-26H,10-11,13-14,16,20-21,34H2,1-4H3,(H,37,39)/b24-18+,36-19?. The lowest BCUT2D eigenvalue weighted by atomic mass is 10.0. The molecular formula is C33H41N5O4. The Bertz CT molecular complexity index is 1470. The molecule has 3 heterocycles. The van der Waals surface area contributed by atoms with Crippen molar-refractivity contribution in [3.05, 3.63) is 71.7 Å². The van der Waals surface area contributed by atoms with Gasteiger partial charge in [-0.2, -0.15) is 0 Å². The minimum absolute atomic E-state index is 0.171. The van der Waals surface area contributed by atoms with Gasteiger partial charge >= 0.3 is 0 Å². The number of nitrogens with zero attached hydrogens (tertiary/aromatic N) is 3. The van der Waals surface area contributed by atoms with E-state index in [9.17, 15) is 4.79 Å². The van der Waals surface area contributed by atoms with E-state index in [2.05, 4.69) is 20.2 Å². The van der Waals surface area contributed by atoms with Gasteiger partial charge in [0.2, 0.25) is 5.91 Å². The van der Waals surface area contributed by atoms with Crippen molar-refractivity contribution < 1.29 is 19.0 Å². The number of nitrogens with two attached hydrogens (primary N) is 1. The van der Waals surface area contributed by atoms with Crippen molar-refractivity contribution >= 4 is 23.0 Å². The van der Waals surface area contributed by atoms with E-state index >= 15 is 0 Å². The summed E-state index contributed by atoms with van der Waals surface area (Å²) in [6.07, 6.45) is 7.08. The molecule has 2 saturated heterocycles. The molecule has 0 atom stereocenters. The smallest absolute Gasteiger partial charge is 0.228 e. The molecule has 0 saturated carbocycles. The quantitative estimate of drug-likeness (QED) is 0.351. The topological polar surface area (TPSA) is 111 Å². The molecule has 1 aromatic heterocycles. The predicted octanol–water partition coefficient (Wildman–Crippen LogP) is 4.91. The molecule has 0 aliphatic carbocycles. The first-order chi connectivity index (χ1) is 20.2. The zero-order valence-corrected chi connectivity index (χ0v) is 24.9. The molecule has 5 rings (SSSR count). The fourth-order valence-corrected chi connectivity index (χ4v) is 5.07. The minimum atomic E-state index is -0.260. The van der Waals surface area contributed by atoms with Crippen LogP contribution in [0.25, 0.3) is 10.9 Å². The van der Waals surface area contributed by atoms with Crippen molar-refractivity contribution in [3.8, 4) is 17.2 Å². The highest BCUT2D eigenvalue weighted by molar-refractivity contribution is 5.89. The van der Waals surface area contributed by atoms with Crippen molar-refractivity contribution in [2.45, 2.75) is 64.6 Å². The third-order valence-electron chi connectivity index (χ3n) is 7.47. The van der Waals surface area contributed by atoms with Crippen LogP contribution in [0, 0.1) is 6.92 Å². The molecule has 3 aromatic rings. The van der Waals surface area contributed by atoms with E-state index in [0.29, 0.717) is 23.2 Å². The predicted molar refractivity (Wildman–Crippen MR) is 165 cm³/mol. The lowest BCUT2D eigenvalue weighted by molar-refractivity contribution is -0.119. The fraction of sp³-hybridized carbons (Fsp3) is 0.424. The Morgan fingerprint density at radius 3 is 2.60 bits per heavy atom. The van der Waals surface area contributed by atoms with Crippen molar-refractivity contribution in [3.63, 3.8) is 0 Å². The molecule has 2 fully saturated rings. The van der Waals surface area contributed by atoms with Crippen molar-refractivity contribution in [2.24, 2.45) is 10.7 Å². The number of fused-ring (bicyclic) bond motifs is 1. The van der Waals surface area contributed by atoms with Crippen molar-refractivity contribution in [2.75, 3.05) is 26.3 Å². The maximum atomic E-state index is 12.7. The molecule has 9 heteroatoms. The first kappa shape index (κ1) is 29.5. The molecule has 42 heavy (non-hydrogen) atoms. The van der Waals surface area contributed by atoms with E-state index in [1.54, 1.807) is 12.4 Å². The summed E-state index contributed by atoms with van der Waals surface area (Å²) in [6, 6.07) is 14.2. The number of aliphatic imine (C=N–C) groups is 1. The molecule has 0 bridgehead atoms. The van der Waals surface area contributed by atoms with Crippen LogP contribution < -0.4 is 20.5 Å². The highest BCUT2D eigenvalue weighted by Gasteiger charge is 2.30. The number of piperidine rings is 1. The summed E-state index contributed by atoms with van der Waals surface area (Å²) in [6.45, 7) is 11.7. The second kappa shape index (κ2) is 12.9. The van der Waals surface area contributed by atoms with Gasteiger partial charge in [0.15, 0.2) is 0 Å². The Morgan fingerprint density at radius 2 is 1.93 bits per heavy atom. The minimum Gasteiger partial charge on any atom is -0.490 e. The number of nitrogens with one attached hydrogen (secondary N) is 1. The van der Waals surface area contributed by atoms with E-state index < -0.39 is 0 Å². The zero-order chi connectivity index (χ0) is 29.7. The highest BCUT2D eigenvalue weighted by atomic mass is 16.5. The van der Waals surface area contributed by atoms with Gasteiger partial charge in [-0.25, -0.2) is 0 Å². The maximum absolute atomic E-state index is 12.7. The van der Waals surface area contributed by atoms with E-state index in [-0.39, 0.29) is 24.0 Å². The average molecular weight is 572 g/mol. The Labute approximate surface area is 247 Å². The van der Waals surface area contributed by atoms with Crippen LogP contribution in [0.1, 0.15) is 44.7 Å². The summed E-state index contributed by atoms with van der Waals surface area (Å²) in [7, 11) is 0. The number of hydrogen-bond acceptors (Lipinski definition) is 8. The number of pyridine rings is 1. The number of likely N-dealkylation sites (tertiary alicyclic amines) is 1. The van der Waals surface area contributed by atoms with Gasteiger partial charge in [0, 0.05) is 37.1 Å². The Hall–Kier alpha value is -3.95. The zero-order valence-electron chi connectivity index (χ0n) is 24.9. The first-order valence-corrected chi connectivity index (χ1v) is 14.6. The molecule has 3 N–H and O–H groups in total. The summed E-state index contributed by atoms with van der Waals surface area (Å²) in [4.78, 5) is 24.1. The molecule has 222 valence electrons. The molecule has 0 spiro atoms. The fourth-order valence-electron chi connectivity index (χ4n) is 5.07. The Balaban J connectivity index is 1.22. The molecule has 2 aliphatic rings. The number of allylic oxidation sites excluding steroid dienone is 1. The number of amides is 1. The van der Waals surface area contributed by atoms with Crippen LogP contribution in [-0.4, -0.2) is 66.0 Å². The Morgan fingerprint density at radius 1 is 1.14 bits per heavy atom. The van der Waals surface area contributed by atoms with Gasteiger partial charge < -0.3 is 25.3 Å². The largest absolute Gasteiger partial charge is 0.490 e. The number of aromatic nitrogens is 1. The number of hydrogen-bond donors (Lipinski definition) is 2. The van der Waals surface area contributed by atoms with Gasteiger partial charge in [-0.3, -0.25) is 19.7 Å². The van der Waals surface area contributed by atoms with Crippen LogP contribution in [-0.2, 0) is 16.0 Å². The van der Waals surface area contributed by atoms with Gasteiger partial charge in [0.1, 0.15) is 23.4 Å². The number of carbonyl (C=O) groups is 1. The number of carbonyl (C=O) groups excluding carboxylic acids is 1. The second-order valence-electron chi connectivity index (χ2n) is 12.0. The number of rotatable bonds is 9. The van der Waals surface area contributed by atoms with Crippen LogP contribution in [0.3, 0.4) is 0 Å². The Kier molecular flexibility index (Phi) is 9.09. The SMILES string of the molecule is Cc1cc(CC(=O)N/C(C=NC(C)(C)C)=C/N)ccc1Oc1ccnc2ccc(OC3CCN(C4COC4)CC3)cc12. The molecule has 0 unspecified atom stereocenters. The first-order valence-electron chi connectivity index (χ1n) is 14.6. The summed E-state index contributed by atoms with van der Waals surface area (Å²) in [5.74, 6) is 2.07. The number of ether oxygens (including phenoxy) is 3. The van der Waals surface area contributed by atoms with Crippen LogP contribution in [0.15, 0.2) is 65.6 Å². The summed E-state index contributed by atoms with van der Waals surface area (Å²) >= 11 is 0. The van der Waals surface area contributed by atoms with E-state index in [1.165, 1.54) is 6.20 Å². The van der Waals surface area contributed by atoms with E-state index in [0.717, 1.165) is 66.9 Å². The lowest BCUT2D eigenvalue weighted by Gasteiger charge is -2.41. The second-order valence-corrected chi connectivity index (χ2v) is 12.0. The van der Waals surface area contributed by atoms with Crippen LogP contribution in [0.4, 0.5) is 0 Å². The van der Waals surface area contributed by atoms with Crippen molar-refractivity contribution in [1.29, 1.82) is 0 Å². The van der Waals surface area contributed by atoms with Gasteiger partial charge in [-0.15, -0.1) is 0 Å². The summed E-state index contributed by atoms with van der Waals surface area (Å²) < 4.78 is 18.1.